The van der Waals surface area contributed by atoms with Gasteiger partial charge >= 0.3 is 6.03 Å². The van der Waals surface area contributed by atoms with Gasteiger partial charge in [-0.1, -0.05) is 24.3 Å². The van der Waals surface area contributed by atoms with E-state index in [4.69, 9.17) is 9.84 Å². The number of ether oxygens (including phenoxy) is 1. The van der Waals surface area contributed by atoms with E-state index in [1.54, 1.807) is 0 Å². The zero-order valence-electron chi connectivity index (χ0n) is 12.2. The summed E-state index contributed by atoms with van der Waals surface area (Å²) in [6.07, 6.45) is 0.728. The van der Waals surface area contributed by atoms with Gasteiger partial charge in [0.2, 0.25) is 0 Å². The fourth-order valence-electron chi connectivity index (χ4n) is 1.94. The second-order valence-electron chi connectivity index (χ2n) is 4.67. The number of aryl methyl sites for hydroxylation is 1. The smallest absolute Gasteiger partial charge is 0.315 e. The standard InChI is InChI=1S/C15H24N2O3/c1-12-6-3-4-7-14(12)13(2)17-15(19)16-8-5-10-20-11-9-18/h3-4,6-7,13,18H,5,8-11H2,1-2H3,(H2,16,17,19). The quantitative estimate of drug-likeness (QED) is 0.635. The van der Waals surface area contributed by atoms with Gasteiger partial charge in [-0.15, -0.1) is 0 Å². The third kappa shape index (κ3) is 6.04. The molecule has 1 aromatic carbocycles. The summed E-state index contributed by atoms with van der Waals surface area (Å²) < 4.78 is 5.11. The molecule has 5 nitrogen and oxygen atoms in total. The van der Waals surface area contributed by atoms with E-state index in [-0.39, 0.29) is 18.7 Å². The summed E-state index contributed by atoms with van der Waals surface area (Å²) in [5, 5.41) is 14.2. The molecule has 20 heavy (non-hydrogen) atoms. The maximum absolute atomic E-state index is 11.7. The lowest BCUT2D eigenvalue weighted by Gasteiger charge is -2.17. The van der Waals surface area contributed by atoms with E-state index < -0.39 is 0 Å². The Morgan fingerprint density at radius 2 is 2.10 bits per heavy atom. The fourth-order valence-corrected chi connectivity index (χ4v) is 1.94. The van der Waals surface area contributed by atoms with Crippen molar-refractivity contribution in [2.24, 2.45) is 0 Å². The molecule has 0 bridgehead atoms. The van der Waals surface area contributed by atoms with Gasteiger partial charge in [0.05, 0.1) is 19.3 Å². The van der Waals surface area contributed by atoms with Gasteiger partial charge in [0.25, 0.3) is 0 Å². The van der Waals surface area contributed by atoms with Crippen molar-refractivity contribution in [1.82, 2.24) is 10.6 Å². The lowest BCUT2D eigenvalue weighted by atomic mass is 10.0. The molecule has 2 amide bonds. The molecule has 1 atom stereocenters. The molecule has 0 saturated heterocycles. The highest BCUT2D eigenvalue weighted by Crippen LogP contribution is 2.16. The average molecular weight is 280 g/mol. The van der Waals surface area contributed by atoms with Crippen LogP contribution in [0.3, 0.4) is 0 Å². The van der Waals surface area contributed by atoms with Gasteiger partial charge in [0.15, 0.2) is 0 Å². The van der Waals surface area contributed by atoms with E-state index >= 15 is 0 Å². The van der Waals surface area contributed by atoms with Crippen LogP contribution in [0.4, 0.5) is 4.79 Å². The molecule has 0 heterocycles. The molecule has 112 valence electrons. The van der Waals surface area contributed by atoms with Gasteiger partial charge in [0, 0.05) is 13.2 Å². The second kappa shape index (κ2) is 9.34. The monoisotopic (exact) mass is 280 g/mol. The van der Waals surface area contributed by atoms with Crippen LogP contribution < -0.4 is 10.6 Å². The number of hydrogen-bond donors (Lipinski definition) is 3. The van der Waals surface area contributed by atoms with Crippen LogP contribution in [-0.2, 0) is 4.74 Å². The Hall–Kier alpha value is -1.59. The normalized spacial score (nSPS) is 11.9. The summed E-state index contributed by atoms with van der Waals surface area (Å²) in [4.78, 5) is 11.7. The number of nitrogens with one attached hydrogen (secondary N) is 2. The predicted octanol–water partition coefficient (Wildman–Crippen LogP) is 1.75. The fraction of sp³-hybridized carbons (Fsp3) is 0.533. The molecule has 0 spiro atoms. The molecule has 0 fully saturated rings. The van der Waals surface area contributed by atoms with Crippen LogP contribution >= 0.6 is 0 Å². The van der Waals surface area contributed by atoms with Crippen molar-refractivity contribution in [3.63, 3.8) is 0 Å². The van der Waals surface area contributed by atoms with Crippen molar-refractivity contribution in [3.8, 4) is 0 Å². The Morgan fingerprint density at radius 1 is 1.35 bits per heavy atom. The van der Waals surface area contributed by atoms with Crippen LogP contribution in [0.25, 0.3) is 0 Å². The number of rotatable bonds is 8. The third-order valence-electron chi connectivity index (χ3n) is 2.99. The number of hydrogen-bond acceptors (Lipinski definition) is 3. The number of aliphatic hydroxyl groups excluding tert-OH is 1. The van der Waals surface area contributed by atoms with E-state index in [0.29, 0.717) is 19.8 Å². The zero-order valence-corrected chi connectivity index (χ0v) is 12.2. The number of amides is 2. The largest absolute Gasteiger partial charge is 0.394 e. The minimum Gasteiger partial charge on any atom is -0.394 e. The topological polar surface area (TPSA) is 70.6 Å². The van der Waals surface area contributed by atoms with Gasteiger partial charge in [-0.3, -0.25) is 0 Å². The number of carbonyl (C=O) groups excluding carboxylic acids is 1. The SMILES string of the molecule is Cc1ccccc1C(C)NC(=O)NCCCOCCO. The molecule has 0 aliphatic heterocycles. The average Bonchev–Trinajstić information content (AvgIpc) is 2.43. The van der Waals surface area contributed by atoms with E-state index in [1.807, 2.05) is 38.1 Å². The van der Waals surface area contributed by atoms with E-state index in [2.05, 4.69) is 10.6 Å². The summed E-state index contributed by atoms with van der Waals surface area (Å²) in [5.74, 6) is 0. The lowest BCUT2D eigenvalue weighted by molar-refractivity contribution is 0.0909. The first-order chi connectivity index (χ1) is 9.65. The molecule has 1 rings (SSSR count). The molecule has 0 aliphatic rings. The van der Waals surface area contributed by atoms with E-state index in [1.165, 1.54) is 0 Å². The Labute approximate surface area is 120 Å². The minimum absolute atomic E-state index is 0.0261. The Morgan fingerprint density at radius 3 is 2.80 bits per heavy atom. The van der Waals surface area contributed by atoms with Gasteiger partial charge in [-0.25, -0.2) is 4.79 Å². The molecule has 0 aromatic heterocycles. The van der Waals surface area contributed by atoms with Crippen molar-refractivity contribution in [2.45, 2.75) is 26.3 Å². The van der Waals surface area contributed by atoms with Crippen LogP contribution in [-0.4, -0.2) is 37.5 Å². The molecule has 0 aliphatic carbocycles. The summed E-state index contributed by atoms with van der Waals surface area (Å²) in [6, 6.07) is 7.80. The maximum Gasteiger partial charge on any atom is 0.315 e. The number of aliphatic hydroxyl groups is 1. The van der Waals surface area contributed by atoms with Crippen molar-refractivity contribution < 1.29 is 14.6 Å². The predicted molar refractivity (Wildman–Crippen MR) is 78.7 cm³/mol. The van der Waals surface area contributed by atoms with Crippen molar-refractivity contribution >= 4 is 6.03 Å². The van der Waals surface area contributed by atoms with Crippen molar-refractivity contribution in [2.75, 3.05) is 26.4 Å². The van der Waals surface area contributed by atoms with Crippen molar-refractivity contribution in [3.05, 3.63) is 35.4 Å². The van der Waals surface area contributed by atoms with Crippen LogP contribution in [0.5, 0.6) is 0 Å². The lowest BCUT2D eigenvalue weighted by Crippen LogP contribution is -2.38. The van der Waals surface area contributed by atoms with Crippen LogP contribution in [0.15, 0.2) is 24.3 Å². The third-order valence-corrected chi connectivity index (χ3v) is 2.99. The highest BCUT2D eigenvalue weighted by Gasteiger charge is 2.10. The molecular formula is C15H24N2O3. The first-order valence-electron chi connectivity index (χ1n) is 6.93. The highest BCUT2D eigenvalue weighted by atomic mass is 16.5. The van der Waals surface area contributed by atoms with Crippen LogP contribution in [0.1, 0.15) is 30.5 Å². The van der Waals surface area contributed by atoms with Crippen LogP contribution in [0.2, 0.25) is 0 Å². The summed E-state index contributed by atoms with van der Waals surface area (Å²) in [7, 11) is 0. The first-order valence-corrected chi connectivity index (χ1v) is 6.93. The summed E-state index contributed by atoms with van der Waals surface area (Å²) in [5.41, 5.74) is 2.28. The number of benzene rings is 1. The first kappa shape index (κ1) is 16.5. The molecular weight excluding hydrogens is 256 g/mol. The molecule has 0 radical (unpaired) electrons. The molecule has 0 saturated carbocycles. The van der Waals surface area contributed by atoms with E-state index in [0.717, 1.165) is 17.5 Å². The van der Waals surface area contributed by atoms with Crippen molar-refractivity contribution in [1.29, 1.82) is 0 Å². The van der Waals surface area contributed by atoms with Gasteiger partial charge in [0.1, 0.15) is 0 Å². The van der Waals surface area contributed by atoms with Gasteiger partial charge in [-0.05, 0) is 31.4 Å². The summed E-state index contributed by atoms with van der Waals surface area (Å²) >= 11 is 0. The highest BCUT2D eigenvalue weighted by molar-refractivity contribution is 5.74. The van der Waals surface area contributed by atoms with Gasteiger partial charge in [-0.2, -0.15) is 0 Å². The van der Waals surface area contributed by atoms with Crippen LogP contribution in [0, 0.1) is 6.92 Å². The Bertz CT molecular complexity index is 410. The summed E-state index contributed by atoms with van der Waals surface area (Å²) in [6.45, 7) is 5.46. The maximum atomic E-state index is 11.7. The number of carbonyl (C=O) groups is 1. The van der Waals surface area contributed by atoms with E-state index in [9.17, 15) is 4.79 Å². The molecule has 1 unspecified atom stereocenters. The minimum atomic E-state index is -0.178. The molecule has 3 N–H and O–H groups in total. The number of urea groups is 1. The zero-order chi connectivity index (χ0) is 14.8. The Kier molecular flexibility index (Phi) is 7.69. The molecule has 1 aromatic rings. The second-order valence-corrected chi connectivity index (χ2v) is 4.67. The Balaban J connectivity index is 2.23. The van der Waals surface area contributed by atoms with Gasteiger partial charge < -0.3 is 20.5 Å². The molecule has 5 heteroatoms.